The molecule has 1 aliphatic rings. The highest BCUT2D eigenvalue weighted by atomic mass is 16.5. The molecule has 1 fully saturated rings. The third kappa shape index (κ3) is 4.34. The Kier molecular flexibility index (Phi) is 5.81. The predicted molar refractivity (Wildman–Crippen MR) is 115 cm³/mol. The summed E-state index contributed by atoms with van der Waals surface area (Å²) >= 11 is 0. The number of ether oxygens (including phenoxy) is 1. The number of H-pyrrole nitrogens is 1. The van der Waals surface area contributed by atoms with E-state index < -0.39 is 5.60 Å². The fourth-order valence-electron chi connectivity index (χ4n) is 3.96. The number of benzene rings is 2. The molecule has 0 spiro atoms. The Morgan fingerprint density at radius 2 is 1.90 bits per heavy atom. The zero-order valence-electron chi connectivity index (χ0n) is 17.6. The van der Waals surface area contributed by atoms with Gasteiger partial charge in [0.05, 0.1) is 13.2 Å². The minimum absolute atomic E-state index is 0.138. The summed E-state index contributed by atoms with van der Waals surface area (Å²) < 4.78 is 6.10. The molecule has 1 N–H and O–H groups in total. The van der Waals surface area contributed by atoms with Crippen molar-refractivity contribution >= 4 is 11.8 Å². The molecule has 1 aromatic heterocycles. The highest BCUT2D eigenvalue weighted by Gasteiger charge is 2.46. The van der Waals surface area contributed by atoms with E-state index in [0.717, 1.165) is 16.7 Å². The van der Waals surface area contributed by atoms with Crippen LogP contribution in [0.2, 0.25) is 0 Å². The molecule has 8 heteroatoms. The molecule has 2 heterocycles. The summed E-state index contributed by atoms with van der Waals surface area (Å²) in [5.74, 6) is -0.318. The Labute approximate surface area is 180 Å². The minimum Gasteiger partial charge on any atom is -0.361 e. The van der Waals surface area contributed by atoms with Crippen molar-refractivity contribution in [1.82, 2.24) is 25.0 Å². The monoisotopic (exact) mass is 419 g/mol. The highest BCUT2D eigenvalue weighted by molar-refractivity contribution is 5.92. The van der Waals surface area contributed by atoms with Gasteiger partial charge in [0.15, 0.2) is 5.60 Å². The van der Waals surface area contributed by atoms with E-state index in [1.165, 1.54) is 11.2 Å². The van der Waals surface area contributed by atoms with E-state index in [-0.39, 0.29) is 30.8 Å². The molecule has 160 valence electrons. The summed E-state index contributed by atoms with van der Waals surface area (Å²) in [6.45, 7) is 0.781. The summed E-state index contributed by atoms with van der Waals surface area (Å²) in [5.41, 5.74) is 1.96. The summed E-state index contributed by atoms with van der Waals surface area (Å²) in [4.78, 5) is 33.2. The largest absolute Gasteiger partial charge is 0.361 e. The lowest BCUT2D eigenvalue weighted by atomic mass is 9.89. The third-order valence-electron chi connectivity index (χ3n) is 5.41. The Morgan fingerprint density at radius 1 is 1.13 bits per heavy atom. The number of aromatic nitrogens is 3. The van der Waals surface area contributed by atoms with Crippen LogP contribution in [-0.2, 0) is 16.0 Å². The van der Waals surface area contributed by atoms with Crippen LogP contribution in [0.1, 0.15) is 16.2 Å². The lowest BCUT2D eigenvalue weighted by Gasteiger charge is -2.42. The molecule has 8 nitrogen and oxygen atoms in total. The van der Waals surface area contributed by atoms with Gasteiger partial charge in [-0.25, -0.2) is 4.98 Å². The average molecular weight is 419 g/mol. The molecule has 1 saturated heterocycles. The first-order valence-electron chi connectivity index (χ1n) is 10.1. The van der Waals surface area contributed by atoms with Gasteiger partial charge in [0.1, 0.15) is 6.33 Å². The number of rotatable bonds is 5. The molecule has 0 aliphatic carbocycles. The van der Waals surface area contributed by atoms with Gasteiger partial charge < -0.3 is 14.5 Å². The van der Waals surface area contributed by atoms with Crippen LogP contribution in [-0.4, -0.2) is 76.2 Å². The number of morpholine rings is 1. The summed E-state index contributed by atoms with van der Waals surface area (Å²) in [5, 5.41) is 6.35. The number of nitrogens with one attached hydrogen (secondary N) is 1. The van der Waals surface area contributed by atoms with Crippen molar-refractivity contribution in [1.29, 1.82) is 0 Å². The van der Waals surface area contributed by atoms with Gasteiger partial charge in [-0.1, -0.05) is 54.6 Å². The maximum atomic E-state index is 13.3. The van der Waals surface area contributed by atoms with Crippen molar-refractivity contribution in [3.05, 3.63) is 72.3 Å². The predicted octanol–water partition coefficient (Wildman–Crippen LogP) is 2.01. The average Bonchev–Trinajstić information content (AvgIpc) is 3.34. The Bertz CT molecular complexity index is 1050. The van der Waals surface area contributed by atoms with Crippen LogP contribution in [0.15, 0.2) is 60.9 Å². The van der Waals surface area contributed by atoms with Crippen LogP contribution in [0.5, 0.6) is 0 Å². The van der Waals surface area contributed by atoms with Crippen molar-refractivity contribution in [2.45, 2.75) is 12.0 Å². The molecule has 3 aromatic rings. The van der Waals surface area contributed by atoms with Crippen LogP contribution in [0.4, 0.5) is 0 Å². The van der Waals surface area contributed by atoms with E-state index in [0.29, 0.717) is 13.0 Å². The smallest absolute Gasteiger partial charge is 0.291 e. The second-order valence-electron chi connectivity index (χ2n) is 7.85. The maximum Gasteiger partial charge on any atom is 0.291 e. The molecule has 31 heavy (non-hydrogen) atoms. The Hall–Kier alpha value is -3.52. The van der Waals surface area contributed by atoms with Crippen LogP contribution < -0.4 is 0 Å². The van der Waals surface area contributed by atoms with E-state index >= 15 is 0 Å². The van der Waals surface area contributed by atoms with E-state index in [1.807, 2.05) is 36.4 Å². The van der Waals surface area contributed by atoms with Gasteiger partial charge in [0, 0.05) is 27.1 Å². The molecule has 1 aliphatic heterocycles. The SMILES string of the molecule is CN(C)C(=O)[C@]1(Cc2cccc(-c3ccccc3)c2)CN(C(=O)c2ncn[nH]2)CCO1. The summed E-state index contributed by atoms with van der Waals surface area (Å²) in [6.07, 6.45) is 1.64. The standard InChI is InChI=1S/C23H25N5O3/c1-27(2)22(30)23(15-28(11-12-31-23)21(29)20-24-16-25-26-20)14-17-7-6-10-19(13-17)18-8-4-3-5-9-18/h3-10,13,16H,11-12,14-15H2,1-2H3,(H,24,25,26)/t23-/m0/s1. The second-order valence-corrected chi connectivity index (χ2v) is 7.85. The molecule has 1 atom stereocenters. The van der Waals surface area contributed by atoms with E-state index in [9.17, 15) is 9.59 Å². The van der Waals surface area contributed by atoms with Crippen LogP contribution >= 0.6 is 0 Å². The van der Waals surface area contributed by atoms with Crippen LogP contribution in [0.25, 0.3) is 11.1 Å². The van der Waals surface area contributed by atoms with Crippen LogP contribution in [0.3, 0.4) is 0 Å². The molecule has 0 unspecified atom stereocenters. The van der Waals surface area contributed by atoms with Crippen molar-refractivity contribution in [3.8, 4) is 11.1 Å². The zero-order valence-corrected chi connectivity index (χ0v) is 17.6. The second kappa shape index (κ2) is 8.69. The molecular weight excluding hydrogens is 394 g/mol. The fourth-order valence-corrected chi connectivity index (χ4v) is 3.96. The van der Waals surface area contributed by atoms with Crippen molar-refractivity contribution in [2.75, 3.05) is 33.8 Å². The molecule has 2 aromatic carbocycles. The molecule has 0 saturated carbocycles. The number of carbonyl (C=O) groups is 2. The van der Waals surface area contributed by atoms with E-state index in [1.54, 1.807) is 19.0 Å². The molecule has 0 bridgehead atoms. The van der Waals surface area contributed by atoms with E-state index in [2.05, 4.69) is 33.4 Å². The first kappa shape index (κ1) is 20.7. The van der Waals surface area contributed by atoms with Gasteiger partial charge in [-0.2, -0.15) is 5.10 Å². The van der Waals surface area contributed by atoms with Gasteiger partial charge >= 0.3 is 0 Å². The zero-order chi connectivity index (χ0) is 21.8. The number of amides is 2. The maximum absolute atomic E-state index is 13.3. The third-order valence-corrected chi connectivity index (χ3v) is 5.41. The van der Waals surface area contributed by atoms with Crippen LogP contribution in [0, 0.1) is 0 Å². The minimum atomic E-state index is -1.17. The number of hydrogen-bond acceptors (Lipinski definition) is 5. The quantitative estimate of drug-likeness (QED) is 0.683. The lowest BCUT2D eigenvalue weighted by Crippen LogP contribution is -2.61. The Balaban J connectivity index is 1.64. The van der Waals surface area contributed by atoms with Gasteiger partial charge in [0.2, 0.25) is 5.82 Å². The van der Waals surface area contributed by atoms with Crippen molar-refractivity contribution < 1.29 is 14.3 Å². The number of nitrogens with zero attached hydrogens (tertiary/aromatic N) is 4. The van der Waals surface area contributed by atoms with Crippen molar-refractivity contribution in [3.63, 3.8) is 0 Å². The molecular formula is C23H25N5O3. The number of hydrogen-bond donors (Lipinski definition) is 1. The number of aromatic amines is 1. The summed E-state index contributed by atoms with van der Waals surface area (Å²) in [7, 11) is 3.40. The van der Waals surface area contributed by atoms with E-state index in [4.69, 9.17) is 4.74 Å². The first-order valence-corrected chi connectivity index (χ1v) is 10.1. The molecule has 2 amide bonds. The Morgan fingerprint density at radius 3 is 2.61 bits per heavy atom. The lowest BCUT2D eigenvalue weighted by molar-refractivity contribution is -0.165. The number of likely N-dealkylation sites (N-methyl/N-ethyl adjacent to an activating group) is 1. The molecule has 4 rings (SSSR count). The molecule has 0 radical (unpaired) electrons. The van der Waals surface area contributed by atoms with Gasteiger partial charge in [0.25, 0.3) is 11.8 Å². The van der Waals surface area contributed by atoms with Gasteiger partial charge in [-0.15, -0.1) is 0 Å². The highest BCUT2D eigenvalue weighted by Crippen LogP contribution is 2.28. The summed E-state index contributed by atoms with van der Waals surface area (Å²) in [6, 6.07) is 18.1. The van der Waals surface area contributed by atoms with Gasteiger partial charge in [-0.3, -0.25) is 14.7 Å². The van der Waals surface area contributed by atoms with Crippen molar-refractivity contribution in [2.24, 2.45) is 0 Å². The first-order chi connectivity index (χ1) is 15.0. The normalized spacial score (nSPS) is 18.6. The fraction of sp³-hybridized carbons (Fsp3) is 0.304. The van der Waals surface area contributed by atoms with Gasteiger partial charge in [-0.05, 0) is 16.7 Å². The number of carbonyl (C=O) groups excluding carboxylic acids is 2. The topological polar surface area (TPSA) is 91.4 Å².